The lowest BCUT2D eigenvalue weighted by molar-refractivity contribution is 0.245. The number of nitrogens with one attached hydrogen (secondary N) is 1. The van der Waals surface area contributed by atoms with E-state index in [4.69, 9.17) is 4.74 Å². The van der Waals surface area contributed by atoms with Crippen LogP contribution in [0.1, 0.15) is 24.1 Å². The van der Waals surface area contributed by atoms with Crippen LogP contribution < -0.4 is 10.1 Å². The molecule has 2 aromatic rings. The number of rotatable bonds is 6. The Labute approximate surface area is 123 Å². The lowest BCUT2D eigenvalue weighted by Crippen LogP contribution is -2.27. The minimum atomic E-state index is -0.685. The van der Waals surface area contributed by atoms with Crippen LogP contribution in [0.3, 0.4) is 0 Å². The number of likely N-dealkylation sites (N-methyl/N-ethyl adjacent to an activating group) is 1. The number of halogens is 2. The van der Waals surface area contributed by atoms with Crippen LogP contribution in [0.2, 0.25) is 0 Å². The van der Waals surface area contributed by atoms with E-state index in [2.05, 4.69) is 5.32 Å². The van der Waals surface area contributed by atoms with Crippen molar-refractivity contribution in [1.29, 1.82) is 0 Å². The Morgan fingerprint density at radius 1 is 1.05 bits per heavy atom. The largest absolute Gasteiger partial charge is 0.486 e. The number of para-hydroxylation sites is 1. The van der Waals surface area contributed by atoms with E-state index in [0.717, 1.165) is 17.7 Å². The molecule has 0 bridgehead atoms. The minimum Gasteiger partial charge on any atom is -0.486 e. The average Bonchev–Trinajstić information content (AvgIpc) is 2.46. The number of aryl methyl sites for hydroxylation is 1. The first-order chi connectivity index (χ1) is 10.1. The van der Waals surface area contributed by atoms with Crippen molar-refractivity contribution in [3.8, 4) is 5.75 Å². The molecular formula is C17H19F2NO. The molecule has 2 nitrogen and oxygen atoms in total. The third kappa shape index (κ3) is 3.79. The van der Waals surface area contributed by atoms with Gasteiger partial charge in [0.2, 0.25) is 0 Å². The lowest BCUT2D eigenvalue weighted by Gasteiger charge is -2.21. The van der Waals surface area contributed by atoms with E-state index >= 15 is 0 Å². The Morgan fingerprint density at radius 3 is 2.33 bits per heavy atom. The monoisotopic (exact) mass is 291 g/mol. The van der Waals surface area contributed by atoms with Crippen molar-refractivity contribution >= 4 is 0 Å². The highest BCUT2D eigenvalue weighted by Crippen LogP contribution is 2.24. The van der Waals surface area contributed by atoms with Crippen molar-refractivity contribution in [3.05, 3.63) is 65.2 Å². The molecule has 4 heteroatoms. The molecule has 21 heavy (non-hydrogen) atoms. The average molecular weight is 291 g/mol. The van der Waals surface area contributed by atoms with E-state index in [9.17, 15) is 8.78 Å². The fraction of sp³-hybridized carbons (Fsp3) is 0.294. The van der Waals surface area contributed by atoms with E-state index in [1.165, 1.54) is 18.2 Å². The predicted octanol–water partition coefficient (Wildman–Crippen LogP) is 4.00. The van der Waals surface area contributed by atoms with Crippen LogP contribution in [0, 0.1) is 18.6 Å². The normalized spacial score (nSPS) is 12.2. The standard InChI is InChI=1S/C17H19F2NO/c1-3-20-16(13-8-5-4-7-12(13)2)11-21-17-14(18)9-6-10-15(17)19/h4-10,16,20H,3,11H2,1-2H3. The van der Waals surface area contributed by atoms with Gasteiger partial charge in [0.15, 0.2) is 17.4 Å². The van der Waals surface area contributed by atoms with Crippen molar-refractivity contribution in [1.82, 2.24) is 5.32 Å². The maximum absolute atomic E-state index is 13.6. The van der Waals surface area contributed by atoms with Gasteiger partial charge in [-0.15, -0.1) is 0 Å². The summed E-state index contributed by atoms with van der Waals surface area (Å²) in [5.41, 5.74) is 2.18. The SMILES string of the molecule is CCNC(COc1c(F)cccc1F)c1ccccc1C. The zero-order valence-electron chi connectivity index (χ0n) is 12.2. The number of hydrogen-bond acceptors (Lipinski definition) is 2. The molecule has 1 unspecified atom stereocenters. The van der Waals surface area contributed by atoms with Gasteiger partial charge in [0.05, 0.1) is 6.04 Å². The van der Waals surface area contributed by atoms with E-state index in [0.29, 0.717) is 0 Å². The second-order valence-corrected chi connectivity index (χ2v) is 4.83. The van der Waals surface area contributed by atoms with Gasteiger partial charge in [0.1, 0.15) is 6.61 Å². The van der Waals surface area contributed by atoms with Gasteiger partial charge < -0.3 is 10.1 Å². The molecule has 2 aromatic carbocycles. The molecule has 1 atom stereocenters. The van der Waals surface area contributed by atoms with Gasteiger partial charge in [-0.1, -0.05) is 37.3 Å². The summed E-state index contributed by atoms with van der Waals surface area (Å²) in [6.07, 6.45) is 0. The van der Waals surface area contributed by atoms with Crippen molar-refractivity contribution in [2.75, 3.05) is 13.2 Å². The highest BCUT2D eigenvalue weighted by molar-refractivity contribution is 5.30. The molecule has 0 fully saturated rings. The molecule has 0 radical (unpaired) electrons. The summed E-state index contributed by atoms with van der Waals surface area (Å²) >= 11 is 0. The molecular weight excluding hydrogens is 272 g/mol. The van der Waals surface area contributed by atoms with Gasteiger partial charge >= 0.3 is 0 Å². The summed E-state index contributed by atoms with van der Waals surface area (Å²) in [6, 6.07) is 11.5. The highest BCUT2D eigenvalue weighted by atomic mass is 19.1. The second-order valence-electron chi connectivity index (χ2n) is 4.83. The summed E-state index contributed by atoms with van der Waals surface area (Å²) in [7, 11) is 0. The van der Waals surface area contributed by atoms with E-state index in [-0.39, 0.29) is 18.4 Å². The van der Waals surface area contributed by atoms with Gasteiger partial charge in [-0.2, -0.15) is 0 Å². The molecule has 112 valence electrons. The smallest absolute Gasteiger partial charge is 0.190 e. The topological polar surface area (TPSA) is 21.3 Å². The maximum Gasteiger partial charge on any atom is 0.190 e. The Kier molecular flexibility index (Phi) is 5.28. The first kappa shape index (κ1) is 15.4. The fourth-order valence-corrected chi connectivity index (χ4v) is 2.27. The van der Waals surface area contributed by atoms with E-state index in [1.54, 1.807) is 0 Å². The van der Waals surface area contributed by atoms with Crippen LogP contribution >= 0.6 is 0 Å². The van der Waals surface area contributed by atoms with Crippen molar-refractivity contribution < 1.29 is 13.5 Å². The van der Waals surface area contributed by atoms with Crippen LogP contribution in [-0.4, -0.2) is 13.2 Å². The van der Waals surface area contributed by atoms with Gasteiger partial charge in [0.25, 0.3) is 0 Å². The Morgan fingerprint density at radius 2 is 1.71 bits per heavy atom. The third-order valence-electron chi connectivity index (χ3n) is 3.33. The highest BCUT2D eigenvalue weighted by Gasteiger charge is 2.16. The zero-order chi connectivity index (χ0) is 15.2. The van der Waals surface area contributed by atoms with Gasteiger partial charge in [0, 0.05) is 0 Å². The zero-order valence-corrected chi connectivity index (χ0v) is 12.2. The molecule has 1 N–H and O–H groups in total. The summed E-state index contributed by atoms with van der Waals surface area (Å²) < 4.78 is 32.5. The summed E-state index contributed by atoms with van der Waals surface area (Å²) in [4.78, 5) is 0. The molecule has 0 saturated heterocycles. The molecule has 0 spiro atoms. The van der Waals surface area contributed by atoms with Crippen LogP contribution in [0.5, 0.6) is 5.75 Å². The number of hydrogen-bond donors (Lipinski definition) is 1. The lowest BCUT2D eigenvalue weighted by atomic mass is 10.0. The van der Waals surface area contributed by atoms with Crippen LogP contribution in [0.15, 0.2) is 42.5 Å². The first-order valence-electron chi connectivity index (χ1n) is 6.99. The molecule has 0 aliphatic carbocycles. The van der Waals surface area contributed by atoms with Gasteiger partial charge in [-0.3, -0.25) is 0 Å². The van der Waals surface area contributed by atoms with E-state index < -0.39 is 11.6 Å². The summed E-state index contributed by atoms with van der Waals surface area (Å²) in [6.45, 7) is 4.89. The molecule has 0 aliphatic heterocycles. The van der Waals surface area contributed by atoms with Gasteiger partial charge in [-0.25, -0.2) is 8.78 Å². The Balaban J connectivity index is 2.16. The third-order valence-corrected chi connectivity index (χ3v) is 3.33. The van der Waals surface area contributed by atoms with Crippen molar-refractivity contribution in [3.63, 3.8) is 0 Å². The number of benzene rings is 2. The molecule has 0 aromatic heterocycles. The molecule has 2 rings (SSSR count). The summed E-state index contributed by atoms with van der Waals surface area (Å²) in [5, 5.41) is 3.28. The quantitative estimate of drug-likeness (QED) is 0.868. The predicted molar refractivity (Wildman–Crippen MR) is 79.4 cm³/mol. The first-order valence-corrected chi connectivity index (χ1v) is 6.99. The Hall–Kier alpha value is -1.94. The van der Waals surface area contributed by atoms with Crippen LogP contribution in [0.4, 0.5) is 8.78 Å². The maximum atomic E-state index is 13.6. The summed E-state index contributed by atoms with van der Waals surface area (Å²) in [5.74, 6) is -1.70. The Bertz CT molecular complexity index is 581. The van der Waals surface area contributed by atoms with Crippen LogP contribution in [-0.2, 0) is 0 Å². The van der Waals surface area contributed by atoms with E-state index in [1.807, 2.05) is 38.1 Å². The fourth-order valence-electron chi connectivity index (χ4n) is 2.27. The molecule has 0 aliphatic rings. The molecule has 0 heterocycles. The van der Waals surface area contributed by atoms with Crippen molar-refractivity contribution in [2.45, 2.75) is 19.9 Å². The second kappa shape index (κ2) is 7.18. The van der Waals surface area contributed by atoms with Crippen molar-refractivity contribution in [2.24, 2.45) is 0 Å². The number of ether oxygens (including phenoxy) is 1. The molecule has 0 amide bonds. The van der Waals surface area contributed by atoms with Gasteiger partial charge in [-0.05, 0) is 36.7 Å². The molecule has 0 saturated carbocycles. The minimum absolute atomic E-state index is 0.116. The van der Waals surface area contributed by atoms with Crippen LogP contribution in [0.25, 0.3) is 0 Å².